The molecule has 0 radical (unpaired) electrons. The number of halogens is 3. The van der Waals surface area contributed by atoms with Gasteiger partial charge in [-0.05, 0) is 37.0 Å². The van der Waals surface area contributed by atoms with Crippen LogP contribution in [-0.4, -0.2) is 42.5 Å². The number of ether oxygens (including phenoxy) is 1. The number of hydrogen-bond donors (Lipinski definition) is 2. The molecule has 0 bridgehead atoms. The lowest BCUT2D eigenvalue weighted by atomic mass is 9.98. The summed E-state index contributed by atoms with van der Waals surface area (Å²) in [5.41, 5.74) is 0.533. The van der Waals surface area contributed by atoms with Crippen molar-refractivity contribution < 1.29 is 23.0 Å². The van der Waals surface area contributed by atoms with Gasteiger partial charge in [0.15, 0.2) is 0 Å². The number of rotatable bonds is 4. The van der Waals surface area contributed by atoms with E-state index in [4.69, 9.17) is 0 Å². The predicted octanol–water partition coefficient (Wildman–Crippen LogP) is 2.65. The number of alkyl halides is 3. The first-order valence-corrected chi connectivity index (χ1v) is 7.47. The van der Waals surface area contributed by atoms with E-state index < -0.39 is 6.36 Å². The fraction of sp³-hybridized carbons (Fsp3) is 0.600. The summed E-state index contributed by atoms with van der Waals surface area (Å²) in [5, 5.41) is 13.4. The van der Waals surface area contributed by atoms with Crippen molar-refractivity contribution in [2.45, 2.75) is 25.2 Å². The fourth-order valence-corrected chi connectivity index (χ4v) is 3.09. The topological polar surface area (TPSA) is 44.7 Å². The lowest BCUT2D eigenvalue weighted by molar-refractivity contribution is -0.274. The highest BCUT2D eigenvalue weighted by atomic mass is 19.4. The number of hydrogen-bond acceptors (Lipinski definition) is 4. The van der Waals surface area contributed by atoms with Gasteiger partial charge in [0.05, 0.1) is 0 Å². The molecule has 22 heavy (non-hydrogen) atoms. The van der Waals surface area contributed by atoms with Gasteiger partial charge in [0.25, 0.3) is 0 Å². The van der Waals surface area contributed by atoms with E-state index in [9.17, 15) is 18.3 Å². The van der Waals surface area contributed by atoms with Crippen molar-refractivity contribution in [2.75, 3.05) is 26.2 Å². The maximum absolute atomic E-state index is 12.4. The third kappa shape index (κ3) is 3.64. The first-order chi connectivity index (χ1) is 10.4. The fourth-order valence-electron chi connectivity index (χ4n) is 3.09. The molecule has 1 saturated carbocycles. The molecule has 0 spiro atoms. The minimum atomic E-state index is -4.72. The van der Waals surface area contributed by atoms with Crippen molar-refractivity contribution >= 4 is 0 Å². The summed E-state index contributed by atoms with van der Waals surface area (Å²) in [7, 11) is 0. The van der Waals surface area contributed by atoms with Crippen LogP contribution in [0.15, 0.2) is 18.2 Å². The van der Waals surface area contributed by atoms with Crippen molar-refractivity contribution in [3.63, 3.8) is 0 Å². The molecule has 0 amide bonds. The highest BCUT2D eigenvalue weighted by Gasteiger charge is 2.39. The lowest BCUT2D eigenvalue weighted by Crippen LogP contribution is -2.45. The zero-order valence-corrected chi connectivity index (χ0v) is 12.1. The van der Waals surface area contributed by atoms with E-state index in [1.54, 1.807) is 0 Å². The first-order valence-electron chi connectivity index (χ1n) is 7.47. The van der Waals surface area contributed by atoms with Crippen LogP contribution in [0, 0.1) is 5.92 Å². The van der Waals surface area contributed by atoms with Crippen LogP contribution in [0.1, 0.15) is 24.4 Å². The van der Waals surface area contributed by atoms with Crippen LogP contribution in [0.25, 0.3) is 0 Å². The summed E-state index contributed by atoms with van der Waals surface area (Å²) >= 11 is 0. The molecule has 4 nitrogen and oxygen atoms in total. The Bertz CT molecular complexity index is 526. The first kappa shape index (κ1) is 15.4. The standard InChI is InChI=1S/C15H19F3N2O2/c16-15(17,18)22-11-3-4-13(21)12(9-11)14(10-1-2-10)20-7-5-19-6-8-20/h3-4,9-10,14,19,21H,1-2,5-8H2/t14-/m0/s1. The minimum absolute atomic E-state index is 0.0324. The van der Waals surface area contributed by atoms with Gasteiger partial charge in [0, 0.05) is 37.8 Å². The van der Waals surface area contributed by atoms with Gasteiger partial charge in [-0.3, -0.25) is 4.90 Å². The predicted molar refractivity (Wildman–Crippen MR) is 74.7 cm³/mol. The largest absolute Gasteiger partial charge is 0.573 e. The average Bonchev–Trinajstić information content (AvgIpc) is 3.27. The number of phenolic OH excluding ortho intramolecular Hbond substituents is 1. The maximum atomic E-state index is 12.4. The van der Waals surface area contributed by atoms with Gasteiger partial charge in [-0.2, -0.15) is 0 Å². The molecule has 0 unspecified atom stereocenters. The molecule has 122 valence electrons. The lowest BCUT2D eigenvalue weighted by Gasteiger charge is -2.35. The smallest absolute Gasteiger partial charge is 0.508 e. The van der Waals surface area contributed by atoms with Crippen molar-refractivity contribution in [3.8, 4) is 11.5 Å². The van der Waals surface area contributed by atoms with Crippen LogP contribution >= 0.6 is 0 Å². The van der Waals surface area contributed by atoms with Crippen molar-refractivity contribution in [2.24, 2.45) is 5.92 Å². The van der Waals surface area contributed by atoms with Crippen molar-refractivity contribution in [1.29, 1.82) is 0 Å². The summed E-state index contributed by atoms with van der Waals surface area (Å²) in [6, 6.07) is 3.72. The van der Waals surface area contributed by atoms with E-state index in [1.807, 2.05) is 0 Å². The molecule has 7 heteroatoms. The van der Waals surface area contributed by atoms with Crippen LogP contribution in [0.3, 0.4) is 0 Å². The molecule has 1 aliphatic carbocycles. The highest BCUT2D eigenvalue weighted by Crippen LogP contribution is 2.47. The van der Waals surface area contributed by atoms with Crippen LogP contribution in [0.4, 0.5) is 13.2 Å². The molecule has 1 atom stereocenters. The van der Waals surface area contributed by atoms with E-state index in [0.717, 1.165) is 45.1 Å². The van der Waals surface area contributed by atoms with Gasteiger partial charge >= 0.3 is 6.36 Å². The van der Waals surface area contributed by atoms with Gasteiger partial charge in [0.2, 0.25) is 0 Å². The Labute approximate surface area is 126 Å². The summed E-state index contributed by atoms with van der Waals surface area (Å²) < 4.78 is 41.2. The Morgan fingerprint density at radius 3 is 2.50 bits per heavy atom. The average molecular weight is 316 g/mol. The molecule has 1 heterocycles. The third-order valence-electron chi connectivity index (χ3n) is 4.16. The molecule has 2 aliphatic rings. The Kier molecular flexibility index (Phi) is 4.18. The van der Waals surface area contributed by atoms with Crippen LogP contribution in [0.5, 0.6) is 11.5 Å². The molecule has 2 fully saturated rings. The molecule has 2 N–H and O–H groups in total. The van der Waals surface area contributed by atoms with Crippen LogP contribution in [0.2, 0.25) is 0 Å². The SMILES string of the molecule is Oc1ccc(OC(F)(F)F)cc1[C@H](C1CC1)N1CCNCC1. The number of phenols is 1. The normalized spacial score (nSPS) is 21.6. The number of aromatic hydroxyl groups is 1. The monoisotopic (exact) mass is 316 g/mol. The second-order valence-electron chi connectivity index (χ2n) is 5.84. The molecule has 3 rings (SSSR count). The van der Waals surface area contributed by atoms with E-state index in [0.29, 0.717) is 11.5 Å². The Morgan fingerprint density at radius 2 is 1.91 bits per heavy atom. The summed E-state index contributed by atoms with van der Waals surface area (Å²) in [6.45, 7) is 3.35. The second kappa shape index (κ2) is 5.96. The van der Waals surface area contributed by atoms with E-state index in [1.165, 1.54) is 12.1 Å². The number of nitrogens with one attached hydrogen (secondary N) is 1. The molecule has 0 aromatic heterocycles. The number of benzene rings is 1. The quantitative estimate of drug-likeness (QED) is 0.896. The molecule has 1 aliphatic heterocycles. The van der Waals surface area contributed by atoms with E-state index in [-0.39, 0.29) is 17.5 Å². The summed E-state index contributed by atoms with van der Waals surface area (Å²) in [4.78, 5) is 2.24. The summed E-state index contributed by atoms with van der Waals surface area (Å²) in [5.74, 6) is 0.149. The second-order valence-corrected chi connectivity index (χ2v) is 5.84. The summed E-state index contributed by atoms with van der Waals surface area (Å²) in [6.07, 6.45) is -2.64. The van der Waals surface area contributed by atoms with Gasteiger partial charge in [0.1, 0.15) is 11.5 Å². The number of nitrogens with zero attached hydrogens (tertiary/aromatic N) is 1. The maximum Gasteiger partial charge on any atom is 0.573 e. The molecule has 1 saturated heterocycles. The zero-order valence-electron chi connectivity index (χ0n) is 12.1. The molecular formula is C15H19F3N2O2. The van der Waals surface area contributed by atoms with Crippen LogP contribution < -0.4 is 10.1 Å². The Morgan fingerprint density at radius 1 is 1.23 bits per heavy atom. The molecular weight excluding hydrogens is 297 g/mol. The zero-order chi connectivity index (χ0) is 15.7. The highest BCUT2D eigenvalue weighted by molar-refractivity contribution is 5.42. The van der Waals surface area contributed by atoms with Crippen LogP contribution in [-0.2, 0) is 0 Å². The minimum Gasteiger partial charge on any atom is -0.508 e. The van der Waals surface area contributed by atoms with Crippen molar-refractivity contribution in [3.05, 3.63) is 23.8 Å². The van der Waals surface area contributed by atoms with E-state index >= 15 is 0 Å². The Balaban J connectivity index is 1.87. The third-order valence-corrected chi connectivity index (χ3v) is 4.16. The molecule has 1 aromatic carbocycles. The van der Waals surface area contributed by atoms with Crippen molar-refractivity contribution in [1.82, 2.24) is 10.2 Å². The van der Waals surface area contributed by atoms with Gasteiger partial charge in [-0.15, -0.1) is 13.2 Å². The van der Waals surface area contributed by atoms with E-state index in [2.05, 4.69) is 15.0 Å². The van der Waals surface area contributed by atoms with Gasteiger partial charge in [-0.25, -0.2) is 0 Å². The van der Waals surface area contributed by atoms with Gasteiger partial charge in [-0.1, -0.05) is 0 Å². The molecule has 1 aromatic rings. The van der Waals surface area contributed by atoms with Gasteiger partial charge < -0.3 is 15.2 Å². The number of piperazine rings is 1. The Hall–Kier alpha value is -1.47.